The lowest BCUT2D eigenvalue weighted by atomic mass is 10.1. The third-order valence-electron chi connectivity index (χ3n) is 3.46. The van der Waals surface area contributed by atoms with E-state index in [0.717, 1.165) is 22.2 Å². The van der Waals surface area contributed by atoms with Crippen LogP contribution in [0, 0.1) is 13.8 Å². The molecule has 24 heavy (non-hydrogen) atoms. The molecule has 2 aromatic rings. The lowest BCUT2D eigenvalue weighted by molar-refractivity contribution is -0.130. The van der Waals surface area contributed by atoms with Crippen LogP contribution in [0.3, 0.4) is 0 Å². The number of carbonyl (C=O) groups excluding carboxylic acids is 2. The third kappa shape index (κ3) is 4.31. The number of esters is 1. The molecule has 0 fully saturated rings. The third-order valence-corrected chi connectivity index (χ3v) is 3.46. The quantitative estimate of drug-likeness (QED) is 0.878. The fourth-order valence-electron chi connectivity index (χ4n) is 2.39. The summed E-state index contributed by atoms with van der Waals surface area (Å²) < 4.78 is 5.37. The zero-order chi connectivity index (χ0) is 18.1. The number of rotatable bonds is 3. The maximum Gasteiger partial charge on any atom is 0.339 e. The van der Waals surface area contributed by atoms with Gasteiger partial charge >= 0.3 is 5.97 Å². The molecule has 128 valence electrons. The minimum atomic E-state index is -0.870. The molecule has 1 aromatic heterocycles. The molecule has 5 nitrogen and oxygen atoms in total. The van der Waals surface area contributed by atoms with Crippen molar-refractivity contribution in [2.75, 3.05) is 0 Å². The van der Waals surface area contributed by atoms with E-state index >= 15 is 0 Å². The van der Waals surface area contributed by atoms with Crippen molar-refractivity contribution in [3.05, 3.63) is 41.1 Å². The van der Waals surface area contributed by atoms with Gasteiger partial charge in [-0.3, -0.25) is 9.78 Å². The lowest BCUT2D eigenvalue weighted by Gasteiger charge is -2.23. The second-order valence-corrected chi connectivity index (χ2v) is 7.12. The number of hydrogen-bond donors (Lipinski definition) is 1. The summed E-state index contributed by atoms with van der Waals surface area (Å²) in [5.41, 5.74) is 2.54. The number of amides is 1. The molecule has 1 amide bonds. The van der Waals surface area contributed by atoms with Gasteiger partial charge in [0.15, 0.2) is 6.10 Å². The average Bonchev–Trinajstić information content (AvgIpc) is 2.45. The van der Waals surface area contributed by atoms with Crippen LogP contribution in [0.15, 0.2) is 24.3 Å². The molecule has 1 atom stereocenters. The van der Waals surface area contributed by atoms with Gasteiger partial charge in [-0.2, -0.15) is 0 Å². The second kappa shape index (κ2) is 6.59. The molecule has 2 rings (SSSR count). The Balaban J connectivity index is 2.28. The van der Waals surface area contributed by atoms with Crippen LogP contribution in [0.25, 0.3) is 10.9 Å². The monoisotopic (exact) mass is 328 g/mol. The minimum absolute atomic E-state index is 0.317. The number of fused-ring (bicyclic) bond motifs is 1. The Morgan fingerprint density at radius 1 is 1.17 bits per heavy atom. The molecule has 0 radical (unpaired) electrons. The van der Waals surface area contributed by atoms with Gasteiger partial charge in [0.2, 0.25) is 0 Å². The molecule has 1 N–H and O–H groups in total. The number of pyridine rings is 1. The van der Waals surface area contributed by atoms with Crippen molar-refractivity contribution in [2.24, 2.45) is 0 Å². The predicted octanol–water partition coefficient (Wildman–Crippen LogP) is 3.31. The summed E-state index contributed by atoms with van der Waals surface area (Å²) in [4.78, 5) is 29.1. The summed E-state index contributed by atoms with van der Waals surface area (Å²) in [6.07, 6.45) is -0.870. The number of carbonyl (C=O) groups is 2. The number of nitrogens with zero attached hydrogens (tertiary/aromatic N) is 1. The number of aryl methyl sites for hydroxylation is 2. The van der Waals surface area contributed by atoms with E-state index in [1.165, 1.54) is 0 Å². The molecule has 1 unspecified atom stereocenters. The number of benzene rings is 1. The molecule has 0 saturated heterocycles. The minimum Gasteiger partial charge on any atom is -0.449 e. The van der Waals surface area contributed by atoms with Crippen LogP contribution >= 0.6 is 0 Å². The van der Waals surface area contributed by atoms with Gasteiger partial charge in [-0.05, 0) is 59.7 Å². The highest BCUT2D eigenvalue weighted by atomic mass is 16.5. The van der Waals surface area contributed by atoms with E-state index < -0.39 is 12.1 Å². The fraction of sp³-hybridized carbons (Fsp3) is 0.421. The summed E-state index contributed by atoms with van der Waals surface area (Å²) in [6.45, 7) is 11.0. The van der Waals surface area contributed by atoms with Gasteiger partial charge in [0, 0.05) is 16.6 Å². The Bertz CT molecular complexity index is 791. The molecule has 0 aliphatic rings. The van der Waals surface area contributed by atoms with E-state index in [-0.39, 0.29) is 11.4 Å². The van der Waals surface area contributed by atoms with E-state index in [4.69, 9.17) is 4.74 Å². The van der Waals surface area contributed by atoms with Gasteiger partial charge in [0.1, 0.15) is 0 Å². The smallest absolute Gasteiger partial charge is 0.339 e. The van der Waals surface area contributed by atoms with Gasteiger partial charge in [0.05, 0.1) is 11.1 Å². The summed E-state index contributed by atoms with van der Waals surface area (Å²) in [5, 5.41) is 3.54. The maximum atomic E-state index is 12.6. The van der Waals surface area contributed by atoms with Crippen molar-refractivity contribution in [3.8, 4) is 0 Å². The number of aromatic nitrogens is 1. The van der Waals surface area contributed by atoms with Gasteiger partial charge in [-0.1, -0.05) is 11.6 Å². The molecule has 5 heteroatoms. The molecule has 0 saturated carbocycles. The molecule has 1 heterocycles. The van der Waals surface area contributed by atoms with Crippen LogP contribution in [0.5, 0.6) is 0 Å². The molecule has 1 aromatic carbocycles. The Morgan fingerprint density at radius 2 is 1.83 bits per heavy atom. The standard InChI is InChI=1S/C19H24N2O3/c1-11-7-8-16-14(9-11)15(10-12(2)20-16)18(23)24-13(3)17(22)21-19(4,5)6/h7-10,13H,1-6H3,(H,21,22). The van der Waals surface area contributed by atoms with Crippen LogP contribution in [0.2, 0.25) is 0 Å². The van der Waals surface area contributed by atoms with Crippen LogP contribution in [0.4, 0.5) is 0 Å². The van der Waals surface area contributed by atoms with Crippen LogP contribution in [-0.2, 0) is 9.53 Å². The van der Waals surface area contributed by atoms with Crippen molar-refractivity contribution in [1.29, 1.82) is 0 Å². The van der Waals surface area contributed by atoms with E-state index in [9.17, 15) is 9.59 Å². The van der Waals surface area contributed by atoms with Crippen LogP contribution in [-0.4, -0.2) is 28.5 Å². The molecule has 0 bridgehead atoms. The van der Waals surface area contributed by atoms with Gasteiger partial charge < -0.3 is 10.1 Å². The Labute approximate surface area is 142 Å². The maximum absolute atomic E-state index is 12.6. The highest BCUT2D eigenvalue weighted by molar-refractivity contribution is 6.04. The summed E-state index contributed by atoms with van der Waals surface area (Å²) in [6, 6.07) is 7.42. The second-order valence-electron chi connectivity index (χ2n) is 7.12. The number of ether oxygens (including phenoxy) is 1. The first-order valence-electron chi connectivity index (χ1n) is 7.98. The van der Waals surface area contributed by atoms with E-state index in [2.05, 4.69) is 10.3 Å². The molecule has 0 spiro atoms. The van der Waals surface area contributed by atoms with E-state index in [0.29, 0.717) is 5.56 Å². The SMILES string of the molecule is Cc1ccc2nc(C)cc(C(=O)OC(C)C(=O)NC(C)(C)C)c2c1. The fourth-order valence-corrected chi connectivity index (χ4v) is 2.39. The summed E-state index contributed by atoms with van der Waals surface area (Å²) in [7, 11) is 0. The summed E-state index contributed by atoms with van der Waals surface area (Å²) in [5.74, 6) is -0.838. The molecule has 0 aliphatic carbocycles. The first kappa shape index (κ1) is 17.9. The predicted molar refractivity (Wildman–Crippen MR) is 94.0 cm³/mol. The van der Waals surface area contributed by atoms with Gasteiger partial charge in [0.25, 0.3) is 5.91 Å². The van der Waals surface area contributed by atoms with Crippen molar-refractivity contribution >= 4 is 22.8 Å². The number of hydrogen-bond acceptors (Lipinski definition) is 4. The largest absolute Gasteiger partial charge is 0.449 e. The van der Waals surface area contributed by atoms with Crippen LogP contribution < -0.4 is 5.32 Å². The summed E-state index contributed by atoms with van der Waals surface area (Å²) >= 11 is 0. The Kier molecular flexibility index (Phi) is 4.92. The lowest BCUT2D eigenvalue weighted by Crippen LogP contribution is -2.46. The first-order valence-corrected chi connectivity index (χ1v) is 7.98. The zero-order valence-corrected chi connectivity index (χ0v) is 15.1. The van der Waals surface area contributed by atoms with Crippen LogP contribution in [0.1, 0.15) is 49.3 Å². The van der Waals surface area contributed by atoms with Gasteiger partial charge in [-0.25, -0.2) is 4.79 Å². The molecule has 0 aliphatic heterocycles. The average molecular weight is 328 g/mol. The topological polar surface area (TPSA) is 68.3 Å². The van der Waals surface area contributed by atoms with Gasteiger partial charge in [-0.15, -0.1) is 0 Å². The van der Waals surface area contributed by atoms with Crippen molar-refractivity contribution in [2.45, 2.75) is 53.2 Å². The molecular formula is C19H24N2O3. The normalized spacial score (nSPS) is 12.8. The van der Waals surface area contributed by atoms with E-state index in [1.54, 1.807) is 13.0 Å². The zero-order valence-electron chi connectivity index (χ0n) is 15.1. The van der Waals surface area contributed by atoms with E-state index in [1.807, 2.05) is 52.8 Å². The Morgan fingerprint density at radius 3 is 2.46 bits per heavy atom. The highest BCUT2D eigenvalue weighted by Crippen LogP contribution is 2.21. The number of nitrogens with one attached hydrogen (secondary N) is 1. The van der Waals surface area contributed by atoms with Crippen molar-refractivity contribution in [3.63, 3.8) is 0 Å². The highest BCUT2D eigenvalue weighted by Gasteiger charge is 2.24. The van der Waals surface area contributed by atoms with Crippen molar-refractivity contribution < 1.29 is 14.3 Å². The molecular weight excluding hydrogens is 304 g/mol. The Hall–Kier alpha value is -2.43. The first-order chi connectivity index (χ1) is 11.1. The van der Waals surface area contributed by atoms with Crippen molar-refractivity contribution in [1.82, 2.24) is 10.3 Å².